The van der Waals surface area contributed by atoms with Gasteiger partial charge in [-0.1, -0.05) is 23.2 Å². The lowest BCUT2D eigenvalue weighted by Gasteiger charge is -2.35. The van der Waals surface area contributed by atoms with E-state index in [1.165, 1.54) is 12.8 Å². The first kappa shape index (κ1) is 10.7. The fourth-order valence-electron chi connectivity index (χ4n) is 2.38. The lowest BCUT2D eigenvalue weighted by Crippen LogP contribution is -2.52. The molecule has 0 unspecified atom stereocenters. The van der Waals surface area contributed by atoms with E-state index in [2.05, 4.69) is 10.2 Å². The largest absolute Gasteiger partial charge is 0.368 e. The molecule has 0 amide bonds. The molecule has 1 aromatic carbocycles. The first-order chi connectivity index (χ1) is 7.67. The summed E-state index contributed by atoms with van der Waals surface area (Å²) in [5.74, 6) is 0. The number of benzene rings is 1. The van der Waals surface area contributed by atoms with Crippen LogP contribution >= 0.6 is 23.2 Å². The minimum atomic E-state index is 0.382. The lowest BCUT2D eigenvalue weighted by molar-refractivity contribution is 0.442. The summed E-state index contributed by atoms with van der Waals surface area (Å²) in [5, 5.41) is 5.02. The topological polar surface area (TPSA) is 15.3 Å². The predicted octanol–water partition coefficient (Wildman–Crippen LogP) is 2.94. The Morgan fingerprint density at radius 3 is 2.44 bits per heavy atom. The van der Waals surface area contributed by atoms with Crippen molar-refractivity contribution in [1.82, 2.24) is 5.32 Å². The predicted molar refractivity (Wildman–Crippen MR) is 68.6 cm³/mol. The summed E-state index contributed by atoms with van der Waals surface area (Å²) in [6.07, 6.45) is 2.58. The van der Waals surface area contributed by atoms with Crippen LogP contribution in [0.15, 0.2) is 18.2 Å². The van der Waals surface area contributed by atoms with Gasteiger partial charge in [-0.2, -0.15) is 0 Å². The number of rotatable bonds is 1. The Morgan fingerprint density at radius 1 is 1.12 bits per heavy atom. The molecule has 1 saturated heterocycles. The van der Waals surface area contributed by atoms with Gasteiger partial charge in [0.25, 0.3) is 0 Å². The van der Waals surface area contributed by atoms with Crippen LogP contribution in [0.2, 0.25) is 10.0 Å². The zero-order chi connectivity index (χ0) is 11.2. The molecule has 1 saturated carbocycles. The van der Waals surface area contributed by atoms with Gasteiger partial charge in [0.05, 0.1) is 0 Å². The third kappa shape index (κ3) is 2.02. The standard InChI is InChI=1S/C12H14Cl2N2/c13-9-5-10(14)7-11(6-9)16-4-3-15-12(8-16)1-2-12/h5-7,15H,1-4,8H2. The van der Waals surface area contributed by atoms with Crippen molar-refractivity contribution in [2.24, 2.45) is 0 Å². The van der Waals surface area contributed by atoms with E-state index in [1.54, 1.807) is 6.07 Å². The minimum Gasteiger partial charge on any atom is -0.368 e. The average molecular weight is 257 g/mol. The average Bonchev–Trinajstić information content (AvgIpc) is 2.96. The molecule has 4 heteroatoms. The third-order valence-corrected chi connectivity index (χ3v) is 3.88. The summed E-state index contributed by atoms with van der Waals surface area (Å²) in [6, 6.07) is 5.77. The smallest absolute Gasteiger partial charge is 0.0441 e. The lowest BCUT2D eigenvalue weighted by atomic mass is 10.1. The third-order valence-electron chi connectivity index (χ3n) is 3.44. The van der Waals surface area contributed by atoms with Gasteiger partial charge in [-0.05, 0) is 31.0 Å². The molecule has 0 bridgehead atoms. The Kier molecular flexibility index (Phi) is 2.54. The first-order valence-corrected chi connectivity index (χ1v) is 6.39. The maximum absolute atomic E-state index is 6.03. The summed E-state index contributed by atoms with van der Waals surface area (Å²) in [4.78, 5) is 2.38. The normalized spacial score (nSPS) is 22.5. The van der Waals surface area contributed by atoms with Gasteiger partial charge in [-0.15, -0.1) is 0 Å². The van der Waals surface area contributed by atoms with E-state index < -0.39 is 0 Å². The Bertz CT molecular complexity index is 395. The number of nitrogens with one attached hydrogen (secondary N) is 1. The highest BCUT2D eigenvalue weighted by atomic mass is 35.5. The van der Waals surface area contributed by atoms with E-state index in [0.717, 1.165) is 25.3 Å². The Balaban J connectivity index is 1.85. The number of hydrogen-bond donors (Lipinski definition) is 1. The molecule has 1 heterocycles. The molecule has 1 N–H and O–H groups in total. The van der Waals surface area contributed by atoms with Gasteiger partial charge in [-0.25, -0.2) is 0 Å². The summed E-state index contributed by atoms with van der Waals surface area (Å²) in [5.41, 5.74) is 1.53. The van der Waals surface area contributed by atoms with Crippen LogP contribution in [-0.4, -0.2) is 25.2 Å². The van der Waals surface area contributed by atoms with Crippen molar-refractivity contribution in [2.45, 2.75) is 18.4 Å². The van der Waals surface area contributed by atoms with Crippen LogP contribution in [0.5, 0.6) is 0 Å². The van der Waals surface area contributed by atoms with Crippen LogP contribution in [-0.2, 0) is 0 Å². The highest BCUT2D eigenvalue weighted by molar-refractivity contribution is 6.35. The first-order valence-electron chi connectivity index (χ1n) is 5.63. The molecule has 2 fully saturated rings. The van der Waals surface area contributed by atoms with Crippen molar-refractivity contribution in [3.63, 3.8) is 0 Å². The van der Waals surface area contributed by atoms with Gasteiger partial charge < -0.3 is 10.2 Å². The molecule has 16 heavy (non-hydrogen) atoms. The van der Waals surface area contributed by atoms with Crippen LogP contribution in [0.3, 0.4) is 0 Å². The van der Waals surface area contributed by atoms with Crippen LogP contribution in [0.4, 0.5) is 5.69 Å². The summed E-state index contributed by atoms with van der Waals surface area (Å²) < 4.78 is 0. The van der Waals surface area contributed by atoms with Crippen LogP contribution in [0, 0.1) is 0 Å². The van der Waals surface area contributed by atoms with Gasteiger partial charge in [0.1, 0.15) is 0 Å². The molecule has 1 aromatic rings. The molecule has 2 nitrogen and oxygen atoms in total. The minimum absolute atomic E-state index is 0.382. The van der Waals surface area contributed by atoms with E-state index >= 15 is 0 Å². The second kappa shape index (κ2) is 3.80. The molecule has 2 aliphatic rings. The highest BCUT2D eigenvalue weighted by Gasteiger charge is 2.45. The quantitative estimate of drug-likeness (QED) is 0.832. The van der Waals surface area contributed by atoms with Crippen molar-refractivity contribution < 1.29 is 0 Å². The zero-order valence-electron chi connectivity index (χ0n) is 8.97. The zero-order valence-corrected chi connectivity index (χ0v) is 10.5. The van der Waals surface area contributed by atoms with Crippen molar-refractivity contribution >= 4 is 28.9 Å². The van der Waals surface area contributed by atoms with Crippen LogP contribution < -0.4 is 10.2 Å². The molecular weight excluding hydrogens is 243 g/mol. The SMILES string of the molecule is Clc1cc(Cl)cc(N2CCNC3(CC3)C2)c1. The Morgan fingerprint density at radius 2 is 1.81 bits per heavy atom. The van der Waals surface area contributed by atoms with Crippen molar-refractivity contribution in [3.05, 3.63) is 28.2 Å². The molecule has 0 atom stereocenters. The van der Waals surface area contributed by atoms with Crippen LogP contribution in [0.25, 0.3) is 0 Å². The van der Waals surface area contributed by atoms with Gasteiger partial charge in [0.15, 0.2) is 0 Å². The van der Waals surface area contributed by atoms with Gasteiger partial charge >= 0.3 is 0 Å². The maximum Gasteiger partial charge on any atom is 0.0441 e. The molecule has 0 aromatic heterocycles. The molecule has 1 aliphatic carbocycles. The van der Waals surface area contributed by atoms with E-state index in [-0.39, 0.29) is 0 Å². The number of halogens is 2. The van der Waals surface area contributed by atoms with Gasteiger partial charge in [0, 0.05) is 40.9 Å². The second-order valence-electron chi connectivity index (χ2n) is 4.76. The summed E-state index contributed by atoms with van der Waals surface area (Å²) >= 11 is 12.1. The van der Waals surface area contributed by atoms with Crippen molar-refractivity contribution in [1.29, 1.82) is 0 Å². The van der Waals surface area contributed by atoms with E-state index in [1.807, 2.05) is 12.1 Å². The fraction of sp³-hybridized carbons (Fsp3) is 0.500. The number of nitrogens with zero attached hydrogens (tertiary/aromatic N) is 1. The molecule has 1 spiro atoms. The van der Waals surface area contributed by atoms with Crippen molar-refractivity contribution in [2.75, 3.05) is 24.5 Å². The molecule has 0 radical (unpaired) electrons. The van der Waals surface area contributed by atoms with Crippen molar-refractivity contribution in [3.8, 4) is 0 Å². The Labute approximate surface area is 106 Å². The molecule has 3 rings (SSSR count). The van der Waals surface area contributed by atoms with Crippen LogP contribution in [0.1, 0.15) is 12.8 Å². The summed E-state index contributed by atoms with van der Waals surface area (Å²) in [6.45, 7) is 3.15. The highest BCUT2D eigenvalue weighted by Crippen LogP contribution is 2.39. The second-order valence-corrected chi connectivity index (χ2v) is 5.63. The van der Waals surface area contributed by atoms with E-state index in [0.29, 0.717) is 15.6 Å². The number of hydrogen-bond acceptors (Lipinski definition) is 2. The summed E-state index contributed by atoms with van der Waals surface area (Å²) in [7, 11) is 0. The molecule has 1 aliphatic heterocycles. The molecule has 86 valence electrons. The molecular formula is C12H14Cl2N2. The Hall–Kier alpha value is -0.440. The monoisotopic (exact) mass is 256 g/mol. The fourth-order valence-corrected chi connectivity index (χ4v) is 2.90. The van der Waals surface area contributed by atoms with E-state index in [9.17, 15) is 0 Å². The maximum atomic E-state index is 6.03. The van der Waals surface area contributed by atoms with Gasteiger partial charge in [0.2, 0.25) is 0 Å². The number of anilines is 1. The number of piperazine rings is 1. The van der Waals surface area contributed by atoms with E-state index in [4.69, 9.17) is 23.2 Å². The van der Waals surface area contributed by atoms with Gasteiger partial charge in [-0.3, -0.25) is 0 Å².